The average molecular weight is 457 g/mol. The molecule has 36 heavy (non-hydrogen) atoms. The molecule has 0 saturated carbocycles. The Balaban J connectivity index is 0.000000153. The Hall–Kier alpha value is -5.68. The van der Waals surface area contributed by atoms with Gasteiger partial charge in [-0.25, -0.2) is 0 Å². The molecule has 0 aromatic heterocycles. The molecule has 6 aromatic carbocycles. The van der Waals surface area contributed by atoms with Crippen LogP contribution in [0, 0.1) is 45.3 Å². The van der Waals surface area contributed by atoms with E-state index in [0.29, 0.717) is 10.4 Å². The smallest absolute Gasteiger partial charge is 0.136 e. The van der Waals surface area contributed by atoms with E-state index in [9.17, 15) is 0 Å². The van der Waals surface area contributed by atoms with Crippen molar-refractivity contribution in [1.82, 2.24) is 0 Å². The molecular formula is C32H16N4. The Morgan fingerprint density at radius 3 is 0.917 bits per heavy atom. The molecule has 0 aliphatic rings. The number of hydrogen-bond acceptors (Lipinski definition) is 4. The Labute approximate surface area is 207 Å². The molecule has 0 amide bonds. The van der Waals surface area contributed by atoms with Crippen LogP contribution in [-0.2, 0) is 0 Å². The topological polar surface area (TPSA) is 95.2 Å². The first-order valence-electron chi connectivity index (χ1n) is 11.2. The van der Waals surface area contributed by atoms with Crippen LogP contribution in [0.25, 0.3) is 54.2 Å². The lowest BCUT2D eigenvalue weighted by atomic mass is 9.90. The summed E-state index contributed by atoms with van der Waals surface area (Å²) >= 11 is 0. The molecule has 0 saturated heterocycles. The monoisotopic (exact) mass is 456 g/mol. The van der Waals surface area contributed by atoms with Crippen molar-refractivity contribution in [3.8, 4) is 24.3 Å². The van der Waals surface area contributed by atoms with Crippen molar-refractivity contribution in [2.75, 3.05) is 0 Å². The van der Waals surface area contributed by atoms with E-state index in [2.05, 4.69) is 72.8 Å². The Kier molecular flexibility index (Phi) is 5.71. The first kappa shape index (κ1) is 22.1. The molecule has 164 valence electrons. The summed E-state index contributed by atoms with van der Waals surface area (Å²) < 4.78 is 0. The number of fused-ring (bicyclic) bond motifs is 2. The average Bonchev–Trinajstić information content (AvgIpc) is 2.94. The molecule has 6 rings (SSSR count). The van der Waals surface area contributed by atoms with Crippen LogP contribution < -0.4 is 10.4 Å². The van der Waals surface area contributed by atoms with Crippen molar-refractivity contribution in [3.63, 3.8) is 0 Å². The van der Waals surface area contributed by atoms with E-state index >= 15 is 0 Å². The van der Waals surface area contributed by atoms with Crippen LogP contribution in [0.5, 0.6) is 0 Å². The summed E-state index contributed by atoms with van der Waals surface area (Å²) in [6.07, 6.45) is 0. The van der Waals surface area contributed by atoms with Crippen LogP contribution in [-0.4, -0.2) is 0 Å². The molecule has 0 N–H and O–H groups in total. The van der Waals surface area contributed by atoms with Gasteiger partial charge in [0.15, 0.2) is 0 Å². The summed E-state index contributed by atoms with van der Waals surface area (Å²) in [5.41, 5.74) is 0.00373. The standard InChI is InChI=1S/C20H12.C12H4N4/c1-5-13-6-2-11-17-18-12-4-8-14-7-3-10-16(20(14)18)15(9-1)19(13)17;13-5-11(6-14)9-1-2-10(4-3-9)12(7-15)8-16/h1-12H;1-4H. The fraction of sp³-hybridized carbons (Fsp3) is 0. The molecule has 0 radical (unpaired) electrons. The normalized spacial score (nSPS) is 10.1. The van der Waals surface area contributed by atoms with Gasteiger partial charge >= 0.3 is 0 Å². The van der Waals surface area contributed by atoms with Gasteiger partial charge in [0, 0.05) is 10.4 Å². The highest BCUT2D eigenvalue weighted by Gasteiger charge is 2.11. The van der Waals surface area contributed by atoms with E-state index in [-0.39, 0.29) is 11.1 Å². The van der Waals surface area contributed by atoms with E-state index < -0.39 is 0 Å². The molecular weight excluding hydrogens is 440 g/mol. The fourth-order valence-corrected chi connectivity index (χ4v) is 4.69. The van der Waals surface area contributed by atoms with Gasteiger partial charge in [0.05, 0.1) is 0 Å². The van der Waals surface area contributed by atoms with Crippen LogP contribution in [0.4, 0.5) is 0 Å². The second-order valence-electron chi connectivity index (χ2n) is 8.19. The molecule has 0 heterocycles. The molecule has 4 nitrogen and oxygen atoms in total. The fourth-order valence-electron chi connectivity index (χ4n) is 4.69. The minimum atomic E-state index is 0.00187. The molecule has 0 fully saturated rings. The van der Waals surface area contributed by atoms with E-state index in [1.807, 2.05) is 0 Å². The molecule has 4 heteroatoms. The lowest BCUT2D eigenvalue weighted by Crippen LogP contribution is -2.11. The van der Waals surface area contributed by atoms with Crippen LogP contribution >= 0.6 is 0 Å². The number of nitriles is 4. The van der Waals surface area contributed by atoms with Crippen LogP contribution in [0.1, 0.15) is 0 Å². The van der Waals surface area contributed by atoms with Gasteiger partial charge < -0.3 is 0 Å². The number of rotatable bonds is 0. The molecule has 6 aromatic rings. The summed E-state index contributed by atoms with van der Waals surface area (Å²) in [7, 11) is 0. The van der Waals surface area contributed by atoms with Gasteiger partial charge in [0.2, 0.25) is 0 Å². The van der Waals surface area contributed by atoms with E-state index in [1.54, 1.807) is 24.3 Å². The lowest BCUT2D eigenvalue weighted by Gasteiger charge is -2.13. The first-order chi connectivity index (χ1) is 17.7. The maximum absolute atomic E-state index is 8.63. The van der Waals surface area contributed by atoms with Gasteiger partial charge in [-0.2, -0.15) is 21.0 Å². The Morgan fingerprint density at radius 2 is 0.667 bits per heavy atom. The number of benzene rings is 6. The van der Waals surface area contributed by atoms with E-state index in [1.165, 1.54) is 67.4 Å². The van der Waals surface area contributed by atoms with Crippen LogP contribution in [0.2, 0.25) is 0 Å². The zero-order valence-electron chi connectivity index (χ0n) is 19.0. The van der Waals surface area contributed by atoms with Crippen LogP contribution in [0.15, 0.2) is 97.1 Å². The second kappa shape index (κ2) is 9.29. The summed E-state index contributed by atoms with van der Waals surface area (Å²) in [6, 6.07) is 39.6. The van der Waals surface area contributed by atoms with E-state index in [4.69, 9.17) is 21.0 Å². The minimum Gasteiger partial charge on any atom is -0.192 e. The second-order valence-corrected chi connectivity index (χ2v) is 8.19. The van der Waals surface area contributed by atoms with Crippen molar-refractivity contribution in [2.45, 2.75) is 0 Å². The predicted molar refractivity (Wildman–Crippen MR) is 143 cm³/mol. The van der Waals surface area contributed by atoms with Gasteiger partial charge in [0.25, 0.3) is 0 Å². The molecule has 0 bridgehead atoms. The SMILES string of the molecule is N#CC(C#N)=c1ccc(=C(C#N)C#N)cc1.c1cc2cccc3c4cccc5cccc(c(c1)c23)c54. The van der Waals surface area contributed by atoms with Gasteiger partial charge in [-0.05, 0) is 43.1 Å². The molecule has 0 unspecified atom stereocenters. The Bertz CT molecular complexity index is 1800. The van der Waals surface area contributed by atoms with Crippen molar-refractivity contribution < 1.29 is 0 Å². The number of hydrogen-bond donors (Lipinski definition) is 0. The Morgan fingerprint density at radius 1 is 0.389 bits per heavy atom. The zero-order chi connectivity index (χ0) is 25.1. The largest absolute Gasteiger partial charge is 0.192 e. The van der Waals surface area contributed by atoms with Crippen molar-refractivity contribution >= 4 is 54.2 Å². The molecule has 0 atom stereocenters. The third-order valence-corrected chi connectivity index (χ3v) is 6.30. The van der Waals surface area contributed by atoms with Gasteiger partial charge in [0.1, 0.15) is 35.4 Å². The molecule has 0 aliphatic carbocycles. The highest BCUT2D eigenvalue weighted by Crippen LogP contribution is 2.39. The zero-order valence-corrected chi connectivity index (χ0v) is 19.0. The van der Waals surface area contributed by atoms with Crippen molar-refractivity contribution in [3.05, 3.63) is 107 Å². The summed E-state index contributed by atoms with van der Waals surface area (Å²) in [4.78, 5) is 0. The summed E-state index contributed by atoms with van der Waals surface area (Å²) in [6.45, 7) is 0. The van der Waals surface area contributed by atoms with Crippen LogP contribution in [0.3, 0.4) is 0 Å². The number of nitrogens with zero attached hydrogens (tertiary/aromatic N) is 4. The molecule has 0 spiro atoms. The minimum absolute atomic E-state index is 0.00187. The van der Waals surface area contributed by atoms with E-state index in [0.717, 1.165) is 0 Å². The quantitative estimate of drug-likeness (QED) is 0.213. The third-order valence-electron chi connectivity index (χ3n) is 6.30. The maximum Gasteiger partial charge on any atom is 0.136 e. The highest BCUT2D eigenvalue weighted by atomic mass is 14.3. The first-order valence-corrected chi connectivity index (χ1v) is 11.2. The third kappa shape index (κ3) is 3.63. The highest BCUT2D eigenvalue weighted by molar-refractivity contribution is 6.32. The van der Waals surface area contributed by atoms with Gasteiger partial charge in [-0.1, -0.05) is 97.1 Å². The van der Waals surface area contributed by atoms with Gasteiger partial charge in [-0.3, -0.25) is 0 Å². The summed E-state index contributed by atoms with van der Waals surface area (Å²) in [5, 5.41) is 46.4. The van der Waals surface area contributed by atoms with Crippen molar-refractivity contribution in [1.29, 1.82) is 21.0 Å². The summed E-state index contributed by atoms with van der Waals surface area (Å²) in [5.74, 6) is 0. The predicted octanol–water partition coefficient (Wildman–Crippen LogP) is 5.82. The molecule has 0 aliphatic heterocycles. The lowest BCUT2D eigenvalue weighted by molar-refractivity contribution is 1.46. The van der Waals surface area contributed by atoms with Gasteiger partial charge in [-0.15, -0.1) is 0 Å². The maximum atomic E-state index is 8.63. The van der Waals surface area contributed by atoms with Crippen molar-refractivity contribution in [2.24, 2.45) is 0 Å².